The van der Waals surface area contributed by atoms with Gasteiger partial charge in [-0.3, -0.25) is 4.79 Å². The largest absolute Gasteiger partial charge is 0.488 e. The summed E-state index contributed by atoms with van der Waals surface area (Å²) in [6.07, 6.45) is 2.65. The van der Waals surface area contributed by atoms with Gasteiger partial charge >= 0.3 is 5.97 Å². The van der Waals surface area contributed by atoms with Crippen LogP contribution in [0.4, 0.5) is 0 Å². The van der Waals surface area contributed by atoms with Crippen LogP contribution in [0.2, 0.25) is 0 Å². The predicted octanol–water partition coefficient (Wildman–Crippen LogP) is 4.99. The second kappa shape index (κ2) is 6.97. The van der Waals surface area contributed by atoms with Gasteiger partial charge in [0.2, 0.25) is 0 Å². The van der Waals surface area contributed by atoms with Crippen LogP contribution in [0, 0.1) is 5.41 Å². The minimum Gasteiger partial charge on any atom is -0.488 e. The lowest BCUT2D eigenvalue weighted by molar-refractivity contribution is -0.144. The number of carbonyl (C=O) groups is 1. The maximum absolute atomic E-state index is 12.0. The molecule has 0 heterocycles. The van der Waals surface area contributed by atoms with Gasteiger partial charge in [-0.15, -0.1) is 0 Å². The zero-order chi connectivity index (χ0) is 16.1. The third kappa shape index (κ3) is 4.76. The molecule has 0 spiro atoms. The Bertz CT molecular complexity index is 456. The third-order valence-electron chi connectivity index (χ3n) is 4.33. The molecule has 1 rings (SSSR count). The number of ether oxygens (including phenoxy) is 2. The van der Waals surface area contributed by atoms with Crippen molar-refractivity contribution >= 4 is 5.97 Å². The maximum Gasteiger partial charge on any atom is 0.316 e. The van der Waals surface area contributed by atoms with Crippen molar-refractivity contribution < 1.29 is 14.3 Å². The van der Waals surface area contributed by atoms with E-state index in [-0.39, 0.29) is 11.6 Å². The monoisotopic (exact) mass is 292 g/mol. The van der Waals surface area contributed by atoms with Crippen molar-refractivity contribution in [2.45, 2.75) is 66.4 Å². The first kappa shape index (κ1) is 17.5. The summed E-state index contributed by atoms with van der Waals surface area (Å²) in [7, 11) is 0. The van der Waals surface area contributed by atoms with Gasteiger partial charge in [-0.1, -0.05) is 20.8 Å². The van der Waals surface area contributed by atoms with E-state index in [0.29, 0.717) is 5.75 Å². The van der Waals surface area contributed by atoms with E-state index in [4.69, 9.17) is 9.47 Å². The molecule has 1 aromatic rings. The Hall–Kier alpha value is -1.51. The lowest BCUT2D eigenvalue weighted by atomic mass is 9.91. The smallest absolute Gasteiger partial charge is 0.316 e. The lowest BCUT2D eigenvalue weighted by Crippen LogP contribution is -2.30. The molecule has 0 atom stereocenters. The fourth-order valence-corrected chi connectivity index (χ4v) is 1.64. The van der Waals surface area contributed by atoms with Crippen molar-refractivity contribution in [1.29, 1.82) is 0 Å². The average Bonchev–Trinajstić information content (AvgIpc) is 2.49. The van der Waals surface area contributed by atoms with Crippen LogP contribution >= 0.6 is 0 Å². The van der Waals surface area contributed by atoms with E-state index in [2.05, 4.69) is 20.8 Å². The normalized spacial score (nSPS) is 12.1. The molecular weight excluding hydrogens is 264 g/mol. The van der Waals surface area contributed by atoms with Crippen molar-refractivity contribution in [2.24, 2.45) is 5.41 Å². The number of carbonyl (C=O) groups excluding carboxylic acids is 1. The Morgan fingerprint density at radius 2 is 1.38 bits per heavy atom. The van der Waals surface area contributed by atoms with Gasteiger partial charge in [-0.05, 0) is 64.3 Å². The predicted molar refractivity (Wildman–Crippen MR) is 85.8 cm³/mol. The van der Waals surface area contributed by atoms with E-state index in [0.717, 1.165) is 25.0 Å². The summed E-state index contributed by atoms with van der Waals surface area (Å²) in [6.45, 7) is 12.1. The molecule has 0 fully saturated rings. The number of benzene rings is 1. The molecule has 21 heavy (non-hydrogen) atoms. The molecule has 0 radical (unpaired) electrons. The summed E-state index contributed by atoms with van der Waals surface area (Å²) in [5.74, 6) is 1.16. The highest BCUT2D eigenvalue weighted by Crippen LogP contribution is 2.27. The quantitative estimate of drug-likeness (QED) is 0.525. The molecule has 0 N–H and O–H groups in total. The van der Waals surface area contributed by atoms with Gasteiger partial charge in [0.15, 0.2) is 0 Å². The molecular formula is C18H28O3. The minimum absolute atomic E-state index is 0.150. The summed E-state index contributed by atoms with van der Waals surface area (Å²) < 4.78 is 11.4. The van der Waals surface area contributed by atoms with Crippen molar-refractivity contribution in [1.82, 2.24) is 0 Å². The first-order valence-electron chi connectivity index (χ1n) is 7.77. The van der Waals surface area contributed by atoms with Crippen molar-refractivity contribution in [2.75, 3.05) is 0 Å². The van der Waals surface area contributed by atoms with Gasteiger partial charge in [-0.2, -0.15) is 0 Å². The van der Waals surface area contributed by atoms with E-state index in [1.807, 2.05) is 32.9 Å². The highest BCUT2D eigenvalue weighted by molar-refractivity contribution is 5.78. The molecule has 1 aromatic carbocycles. The zero-order valence-electron chi connectivity index (χ0n) is 14.2. The zero-order valence-corrected chi connectivity index (χ0v) is 14.2. The Balaban J connectivity index is 2.73. The van der Waals surface area contributed by atoms with Crippen LogP contribution in [0.5, 0.6) is 11.5 Å². The van der Waals surface area contributed by atoms with Gasteiger partial charge < -0.3 is 9.47 Å². The van der Waals surface area contributed by atoms with Crippen molar-refractivity contribution in [3.05, 3.63) is 24.3 Å². The van der Waals surface area contributed by atoms with Gasteiger partial charge in [-0.25, -0.2) is 0 Å². The van der Waals surface area contributed by atoms with Crippen LogP contribution in [0.25, 0.3) is 0 Å². The summed E-state index contributed by atoms with van der Waals surface area (Å²) in [5, 5.41) is 0. The molecule has 0 aliphatic rings. The SMILES string of the molecule is CCC(C)(CC)Oc1ccc(OC(=O)C(C)(C)CC)cc1. The summed E-state index contributed by atoms with van der Waals surface area (Å²) in [5.41, 5.74) is -0.611. The molecule has 0 aromatic heterocycles. The maximum atomic E-state index is 12.0. The topological polar surface area (TPSA) is 35.5 Å². The van der Waals surface area contributed by atoms with Gasteiger partial charge in [0.1, 0.15) is 17.1 Å². The summed E-state index contributed by atoms with van der Waals surface area (Å²) in [4.78, 5) is 12.0. The van der Waals surface area contributed by atoms with E-state index in [9.17, 15) is 4.79 Å². The first-order valence-corrected chi connectivity index (χ1v) is 7.77. The second-order valence-electron chi connectivity index (χ2n) is 6.36. The number of esters is 1. The molecule has 118 valence electrons. The summed E-state index contributed by atoms with van der Waals surface area (Å²) >= 11 is 0. The van der Waals surface area contributed by atoms with Gasteiger partial charge in [0.05, 0.1) is 5.41 Å². The van der Waals surface area contributed by atoms with E-state index in [1.54, 1.807) is 12.1 Å². The molecule has 0 aliphatic carbocycles. The van der Waals surface area contributed by atoms with Crippen LogP contribution < -0.4 is 9.47 Å². The van der Waals surface area contributed by atoms with Crippen LogP contribution in [0.15, 0.2) is 24.3 Å². The van der Waals surface area contributed by atoms with E-state index < -0.39 is 5.41 Å². The van der Waals surface area contributed by atoms with Crippen LogP contribution in [0.3, 0.4) is 0 Å². The lowest BCUT2D eigenvalue weighted by Gasteiger charge is -2.28. The minimum atomic E-state index is -0.460. The molecule has 0 bridgehead atoms. The third-order valence-corrected chi connectivity index (χ3v) is 4.33. The molecule has 3 nitrogen and oxygen atoms in total. The van der Waals surface area contributed by atoms with Crippen LogP contribution in [-0.2, 0) is 4.79 Å². The Morgan fingerprint density at radius 3 is 1.81 bits per heavy atom. The Morgan fingerprint density at radius 1 is 0.905 bits per heavy atom. The molecule has 0 saturated carbocycles. The molecule has 0 aliphatic heterocycles. The highest BCUT2D eigenvalue weighted by Gasteiger charge is 2.27. The number of rotatable bonds is 7. The fraction of sp³-hybridized carbons (Fsp3) is 0.611. The van der Waals surface area contributed by atoms with Gasteiger partial charge in [0, 0.05) is 0 Å². The van der Waals surface area contributed by atoms with Gasteiger partial charge in [0.25, 0.3) is 0 Å². The molecule has 3 heteroatoms. The van der Waals surface area contributed by atoms with Crippen molar-refractivity contribution in [3.8, 4) is 11.5 Å². The second-order valence-corrected chi connectivity index (χ2v) is 6.36. The number of hydrogen-bond donors (Lipinski definition) is 0. The average molecular weight is 292 g/mol. The highest BCUT2D eigenvalue weighted by atomic mass is 16.5. The van der Waals surface area contributed by atoms with Crippen LogP contribution in [-0.4, -0.2) is 11.6 Å². The molecule has 0 saturated heterocycles. The first-order chi connectivity index (χ1) is 9.76. The van der Waals surface area contributed by atoms with Crippen molar-refractivity contribution in [3.63, 3.8) is 0 Å². The standard InChI is InChI=1S/C18H28O3/c1-7-17(4,5)16(19)20-14-10-12-15(13-11-14)21-18(6,8-2)9-3/h10-13H,7-9H2,1-6H3. The van der Waals surface area contributed by atoms with E-state index >= 15 is 0 Å². The van der Waals surface area contributed by atoms with E-state index in [1.165, 1.54) is 0 Å². The number of hydrogen-bond acceptors (Lipinski definition) is 3. The molecule has 0 unspecified atom stereocenters. The fourth-order valence-electron chi connectivity index (χ4n) is 1.64. The Labute approximate surface area is 128 Å². The Kier molecular flexibility index (Phi) is 5.82. The summed E-state index contributed by atoms with van der Waals surface area (Å²) in [6, 6.07) is 7.27. The molecule has 0 amide bonds. The van der Waals surface area contributed by atoms with Crippen LogP contribution in [0.1, 0.15) is 60.8 Å².